The SMILES string of the molecule is COC(C(=O)N(C)CC(=O)Nc1cccc(C)n1)c1ccccc1. The highest BCUT2D eigenvalue weighted by molar-refractivity contribution is 5.94. The number of benzene rings is 1. The van der Waals surface area contributed by atoms with Crippen LogP contribution in [0.3, 0.4) is 0 Å². The average Bonchev–Trinajstić information content (AvgIpc) is 2.56. The molecule has 1 unspecified atom stereocenters. The second-order valence-corrected chi connectivity index (χ2v) is 5.43. The van der Waals surface area contributed by atoms with Crippen LogP contribution in [0, 0.1) is 6.92 Å². The number of carbonyl (C=O) groups excluding carboxylic acids is 2. The fourth-order valence-electron chi connectivity index (χ4n) is 2.30. The van der Waals surface area contributed by atoms with Crippen LogP contribution in [-0.4, -0.2) is 42.4 Å². The van der Waals surface area contributed by atoms with Gasteiger partial charge in [0.25, 0.3) is 5.91 Å². The number of nitrogens with one attached hydrogen (secondary N) is 1. The molecule has 0 radical (unpaired) electrons. The van der Waals surface area contributed by atoms with Gasteiger partial charge in [-0.1, -0.05) is 36.4 Å². The number of anilines is 1. The number of carbonyl (C=O) groups is 2. The Hall–Kier alpha value is -2.73. The molecule has 1 N–H and O–H groups in total. The standard InChI is InChI=1S/C18H21N3O3/c1-13-8-7-11-15(19-13)20-16(22)12-21(2)18(23)17(24-3)14-9-5-4-6-10-14/h4-11,17H,12H2,1-3H3,(H,19,20,22). The van der Waals surface area contributed by atoms with Crippen molar-refractivity contribution in [2.45, 2.75) is 13.0 Å². The van der Waals surface area contributed by atoms with Crippen molar-refractivity contribution >= 4 is 17.6 Å². The maximum atomic E-state index is 12.5. The number of pyridine rings is 1. The molecule has 2 amide bonds. The summed E-state index contributed by atoms with van der Waals surface area (Å²) in [5.41, 5.74) is 1.55. The minimum absolute atomic E-state index is 0.0822. The van der Waals surface area contributed by atoms with Crippen molar-refractivity contribution in [3.63, 3.8) is 0 Å². The van der Waals surface area contributed by atoms with Crippen LogP contribution in [0.4, 0.5) is 5.82 Å². The van der Waals surface area contributed by atoms with Crippen molar-refractivity contribution in [2.75, 3.05) is 26.0 Å². The van der Waals surface area contributed by atoms with Gasteiger partial charge >= 0.3 is 0 Å². The summed E-state index contributed by atoms with van der Waals surface area (Å²) in [6, 6.07) is 14.5. The third kappa shape index (κ3) is 4.63. The van der Waals surface area contributed by atoms with Crippen LogP contribution in [0.1, 0.15) is 17.4 Å². The number of likely N-dealkylation sites (N-methyl/N-ethyl adjacent to an activating group) is 1. The molecular formula is C18H21N3O3. The molecular weight excluding hydrogens is 306 g/mol. The number of amides is 2. The quantitative estimate of drug-likeness (QED) is 0.883. The van der Waals surface area contributed by atoms with Gasteiger partial charge in [-0.05, 0) is 24.6 Å². The zero-order valence-corrected chi connectivity index (χ0v) is 14.0. The molecule has 24 heavy (non-hydrogen) atoms. The zero-order valence-electron chi connectivity index (χ0n) is 14.0. The van der Waals surface area contributed by atoms with Crippen molar-refractivity contribution in [3.8, 4) is 0 Å². The van der Waals surface area contributed by atoms with Gasteiger partial charge in [-0.2, -0.15) is 0 Å². The number of hydrogen-bond acceptors (Lipinski definition) is 4. The summed E-state index contributed by atoms with van der Waals surface area (Å²) in [5.74, 6) is -0.130. The minimum atomic E-state index is -0.735. The van der Waals surface area contributed by atoms with Gasteiger partial charge in [0.05, 0.1) is 6.54 Å². The highest BCUT2D eigenvalue weighted by Crippen LogP contribution is 2.18. The average molecular weight is 327 g/mol. The van der Waals surface area contributed by atoms with Crippen molar-refractivity contribution in [3.05, 3.63) is 59.8 Å². The van der Waals surface area contributed by atoms with Gasteiger partial charge in [0.15, 0.2) is 6.10 Å². The Morgan fingerprint density at radius 2 is 1.88 bits per heavy atom. The second-order valence-electron chi connectivity index (χ2n) is 5.43. The van der Waals surface area contributed by atoms with Gasteiger partial charge in [-0.3, -0.25) is 9.59 Å². The monoisotopic (exact) mass is 327 g/mol. The van der Waals surface area contributed by atoms with Gasteiger partial charge in [0, 0.05) is 19.9 Å². The summed E-state index contributed by atoms with van der Waals surface area (Å²) in [6.07, 6.45) is -0.735. The molecule has 0 aliphatic carbocycles. The van der Waals surface area contributed by atoms with Crippen LogP contribution >= 0.6 is 0 Å². The molecule has 2 aromatic rings. The first-order valence-corrected chi connectivity index (χ1v) is 7.57. The first-order chi connectivity index (χ1) is 11.5. The predicted molar refractivity (Wildman–Crippen MR) is 91.4 cm³/mol. The van der Waals surface area contributed by atoms with Crippen LogP contribution in [0.2, 0.25) is 0 Å². The highest BCUT2D eigenvalue weighted by Gasteiger charge is 2.24. The Kier molecular flexibility index (Phi) is 6.03. The Morgan fingerprint density at radius 1 is 1.17 bits per heavy atom. The topological polar surface area (TPSA) is 71.5 Å². The first-order valence-electron chi connectivity index (χ1n) is 7.57. The van der Waals surface area contributed by atoms with Crippen LogP contribution in [0.5, 0.6) is 0 Å². The molecule has 0 fully saturated rings. The Labute approximate surface area is 141 Å². The molecule has 0 spiro atoms. The van der Waals surface area contributed by atoms with E-state index in [1.165, 1.54) is 12.0 Å². The maximum Gasteiger partial charge on any atom is 0.256 e. The lowest BCUT2D eigenvalue weighted by molar-refractivity contribution is -0.143. The molecule has 0 saturated heterocycles. The summed E-state index contributed by atoms with van der Waals surface area (Å²) in [4.78, 5) is 30.2. The van der Waals surface area contributed by atoms with Crippen LogP contribution in [0.25, 0.3) is 0 Å². The summed E-state index contributed by atoms with van der Waals surface area (Å²) in [6.45, 7) is 1.76. The Balaban J connectivity index is 1.98. The molecule has 0 saturated carbocycles. The molecule has 1 heterocycles. The molecule has 1 aromatic heterocycles. The summed E-state index contributed by atoms with van der Waals surface area (Å²) in [5, 5.41) is 2.68. The van der Waals surface area contributed by atoms with Gasteiger partial charge in [0.1, 0.15) is 5.82 Å². The Bertz CT molecular complexity index is 704. The molecule has 6 heteroatoms. The van der Waals surface area contributed by atoms with E-state index in [9.17, 15) is 9.59 Å². The molecule has 1 aromatic carbocycles. The number of hydrogen-bond donors (Lipinski definition) is 1. The van der Waals surface area contributed by atoms with E-state index >= 15 is 0 Å². The molecule has 126 valence electrons. The summed E-state index contributed by atoms with van der Waals surface area (Å²) >= 11 is 0. The number of aromatic nitrogens is 1. The number of aryl methyl sites for hydroxylation is 1. The molecule has 1 atom stereocenters. The van der Waals surface area contributed by atoms with E-state index in [2.05, 4.69) is 10.3 Å². The molecule has 2 rings (SSSR count). The third-order valence-electron chi connectivity index (χ3n) is 3.48. The molecule has 0 aliphatic heterocycles. The molecule has 0 bridgehead atoms. The highest BCUT2D eigenvalue weighted by atomic mass is 16.5. The normalized spacial score (nSPS) is 11.6. The predicted octanol–water partition coefficient (Wildman–Crippen LogP) is 2.17. The fourth-order valence-corrected chi connectivity index (χ4v) is 2.30. The van der Waals surface area contributed by atoms with Gasteiger partial charge < -0.3 is 15.0 Å². The number of rotatable bonds is 6. The smallest absolute Gasteiger partial charge is 0.256 e. The van der Waals surface area contributed by atoms with E-state index in [-0.39, 0.29) is 18.4 Å². The number of ether oxygens (including phenoxy) is 1. The zero-order chi connectivity index (χ0) is 17.5. The van der Waals surface area contributed by atoms with Crippen molar-refractivity contribution in [2.24, 2.45) is 0 Å². The summed E-state index contributed by atoms with van der Waals surface area (Å²) in [7, 11) is 3.04. The number of methoxy groups -OCH3 is 1. The first kappa shape index (κ1) is 17.6. The van der Waals surface area contributed by atoms with Crippen molar-refractivity contribution in [1.82, 2.24) is 9.88 Å². The lowest BCUT2D eigenvalue weighted by atomic mass is 10.1. The van der Waals surface area contributed by atoms with Crippen molar-refractivity contribution < 1.29 is 14.3 Å². The minimum Gasteiger partial charge on any atom is -0.367 e. The Morgan fingerprint density at radius 3 is 2.50 bits per heavy atom. The van der Waals surface area contributed by atoms with E-state index in [4.69, 9.17) is 4.74 Å². The largest absolute Gasteiger partial charge is 0.367 e. The fraction of sp³-hybridized carbons (Fsp3) is 0.278. The van der Waals surface area contributed by atoms with Gasteiger partial charge in [-0.25, -0.2) is 4.98 Å². The number of nitrogens with zero attached hydrogens (tertiary/aromatic N) is 2. The van der Waals surface area contributed by atoms with E-state index < -0.39 is 6.10 Å². The third-order valence-corrected chi connectivity index (χ3v) is 3.48. The maximum absolute atomic E-state index is 12.5. The molecule has 0 aliphatic rings. The van der Waals surface area contributed by atoms with E-state index in [1.807, 2.05) is 49.4 Å². The van der Waals surface area contributed by atoms with E-state index in [1.54, 1.807) is 13.1 Å². The van der Waals surface area contributed by atoms with Gasteiger partial charge in [0.2, 0.25) is 5.91 Å². The van der Waals surface area contributed by atoms with E-state index in [0.29, 0.717) is 5.82 Å². The lowest BCUT2D eigenvalue weighted by Gasteiger charge is -2.22. The van der Waals surface area contributed by atoms with Crippen LogP contribution in [-0.2, 0) is 14.3 Å². The van der Waals surface area contributed by atoms with Gasteiger partial charge in [-0.15, -0.1) is 0 Å². The summed E-state index contributed by atoms with van der Waals surface area (Å²) < 4.78 is 5.30. The van der Waals surface area contributed by atoms with Crippen LogP contribution in [0.15, 0.2) is 48.5 Å². The lowest BCUT2D eigenvalue weighted by Crippen LogP contribution is -2.38. The molecule has 6 nitrogen and oxygen atoms in total. The second kappa shape index (κ2) is 8.21. The van der Waals surface area contributed by atoms with Crippen LogP contribution < -0.4 is 5.32 Å². The van der Waals surface area contributed by atoms with E-state index in [0.717, 1.165) is 11.3 Å². The van der Waals surface area contributed by atoms with Crippen molar-refractivity contribution in [1.29, 1.82) is 0 Å².